The molecule has 144 valence electrons. The molecule has 1 aliphatic rings. The smallest absolute Gasteiger partial charge is 0.287 e. The molecule has 1 aliphatic heterocycles. The zero-order valence-electron chi connectivity index (χ0n) is 15.1. The Bertz CT molecular complexity index is 992. The van der Waals surface area contributed by atoms with Crippen LogP contribution in [0.2, 0.25) is 0 Å². The summed E-state index contributed by atoms with van der Waals surface area (Å²) in [5.41, 5.74) is 0.419. The molecule has 10 heteroatoms. The van der Waals surface area contributed by atoms with Gasteiger partial charge in [0.15, 0.2) is 10.8 Å². The SMILES string of the molecule is Cc1sc(-c2ccco2)nc1C(=O)N1CCN(c2ccc([N+](=O)[O-])cn2)CC1. The van der Waals surface area contributed by atoms with Gasteiger partial charge in [-0.25, -0.2) is 9.97 Å². The van der Waals surface area contributed by atoms with Crippen LogP contribution < -0.4 is 4.90 Å². The molecule has 4 rings (SSSR count). The molecule has 3 aromatic rings. The van der Waals surface area contributed by atoms with Crippen LogP contribution in [0.4, 0.5) is 11.5 Å². The number of amides is 1. The van der Waals surface area contributed by atoms with Crippen LogP contribution in [0.15, 0.2) is 41.1 Å². The number of anilines is 1. The number of pyridine rings is 1. The van der Waals surface area contributed by atoms with Crippen LogP contribution in [0.25, 0.3) is 10.8 Å². The highest BCUT2D eigenvalue weighted by Gasteiger charge is 2.26. The molecule has 1 amide bonds. The molecule has 0 aromatic carbocycles. The Kier molecular flexibility index (Phi) is 4.78. The number of piperazine rings is 1. The number of nitrogens with zero attached hydrogens (tertiary/aromatic N) is 5. The van der Waals surface area contributed by atoms with Gasteiger partial charge in [0.1, 0.15) is 17.7 Å². The Balaban J connectivity index is 1.42. The van der Waals surface area contributed by atoms with E-state index < -0.39 is 4.92 Å². The molecule has 4 heterocycles. The molecule has 0 saturated carbocycles. The summed E-state index contributed by atoms with van der Waals surface area (Å²) in [7, 11) is 0. The van der Waals surface area contributed by atoms with Crippen LogP contribution in [0.5, 0.6) is 0 Å². The molecule has 0 atom stereocenters. The van der Waals surface area contributed by atoms with E-state index in [-0.39, 0.29) is 11.6 Å². The first-order chi connectivity index (χ1) is 13.5. The summed E-state index contributed by atoms with van der Waals surface area (Å²) in [4.78, 5) is 36.4. The summed E-state index contributed by atoms with van der Waals surface area (Å²) < 4.78 is 5.37. The number of thiazole rings is 1. The van der Waals surface area contributed by atoms with E-state index in [1.165, 1.54) is 23.6 Å². The molecule has 9 nitrogen and oxygen atoms in total. The Labute approximate surface area is 164 Å². The summed E-state index contributed by atoms with van der Waals surface area (Å²) in [6.45, 7) is 4.15. The van der Waals surface area contributed by atoms with Crippen molar-refractivity contribution in [1.82, 2.24) is 14.9 Å². The Hall–Kier alpha value is -3.27. The molecular formula is C18H17N5O4S. The van der Waals surface area contributed by atoms with E-state index in [1.807, 2.05) is 17.9 Å². The van der Waals surface area contributed by atoms with Crippen molar-refractivity contribution in [3.8, 4) is 10.8 Å². The number of aryl methyl sites for hydroxylation is 1. The van der Waals surface area contributed by atoms with E-state index in [9.17, 15) is 14.9 Å². The number of hydrogen-bond acceptors (Lipinski definition) is 8. The van der Waals surface area contributed by atoms with Crippen molar-refractivity contribution >= 4 is 28.7 Å². The number of hydrogen-bond donors (Lipinski definition) is 0. The quantitative estimate of drug-likeness (QED) is 0.490. The van der Waals surface area contributed by atoms with Crippen molar-refractivity contribution in [3.05, 3.63) is 57.4 Å². The van der Waals surface area contributed by atoms with Gasteiger partial charge in [0.05, 0.1) is 11.2 Å². The van der Waals surface area contributed by atoms with Gasteiger partial charge in [-0.3, -0.25) is 14.9 Å². The largest absolute Gasteiger partial charge is 0.462 e. The number of aromatic nitrogens is 2. The van der Waals surface area contributed by atoms with Gasteiger partial charge >= 0.3 is 0 Å². The average molecular weight is 399 g/mol. The molecule has 0 N–H and O–H groups in total. The van der Waals surface area contributed by atoms with Crippen molar-refractivity contribution < 1.29 is 14.1 Å². The van der Waals surface area contributed by atoms with Crippen molar-refractivity contribution in [2.45, 2.75) is 6.92 Å². The Morgan fingerprint density at radius 1 is 1.25 bits per heavy atom. The zero-order valence-corrected chi connectivity index (χ0v) is 15.9. The van der Waals surface area contributed by atoms with Gasteiger partial charge in [0.2, 0.25) is 0 Å². The van der Waals surface area contributed by atoms with Crippen LogP contribution in [0.3, 0.4) is 0 Å². The van der Waals surface area contributed by atoms with Crippen molar-refractivity contribution in [2.24, 2.45) is 0 Å². The first-order valence-electron chi connectivity index (χ1n) is 8.69. The maximum atomic E-state index is 12.9. The van der Waals surface area contributed by atoms with E-state index in [0.29, 0.717) is 48.5 Å². The van der Waals surface area contributed by atoms with E-state index >= 15 is 0 Å². The van der Waals surface area contributed by atoms with E-state index in [0.717, 1.165) is 4.88 Å². The fraction of sp³-hybridized carbons (Fsp3) is 0.278. The summed E-state index contributed by atoms with van der Waals surface area (Å²) in [6.07, 6.45) is 2.83. The van der Waals surface area contributed by atoms with Gasteiger partial charge in [-0.05, 0) is 25.1 Å². The predicted octanol–water partition coefficient (Wildman–Crippen LogP) is 2.98. The highest BCUT2D eigenvalue weighted by atomic mass is 32.1. The maximum Gasteiger partial charge on any atom is 0.287 e. The van der Waals surface area contributed by atoms with Crippen LogP contribution in [-0.4, -0.2) is 51.9 Å². The number of carbonyl (C=O) groups excluding carboxylic acids is 1. The van der Waals surface area contributed by atoms with Crippen LogP contribution >= 0.6 is 11.3 Å². The second-order valence-corrected chi connectivity index (χ2v) is 7.52. The lowest BCUT2D eigenvalue weighted by Crippen LogP contribution is -2.49. The third kappa shape index (κ3) is 3.46. The van der Waals surface area contributed by atoms with E-state index in [1.54, 1.807) is 23.3 Å². The normalized spacial score (nSPS) is 14.3. The van der Waals surface area contributed by atoms with Crippen molar-refractivity contribution in [2.75, 3.05) is 31.1 Å². The standard InChI is InChI=1S/C18H17N5O4S/c1-12-16(20-17(28-12)14-3-2-10-27-14)18(24)22-8-6-21(7-9-22)15-5-4-13(11-19-15)23(25)26/h2-5,10-11H,6-9H2,1H3. The molecule has 0 radical (unpaired) electrons. The van der Waals surface area contributed by atoms with E-state index in [4.69, 9.17) is 4.42 Å². The van der Waals surface area contributed by atoms with Crippen LogP contribution in [0, 0.1) is 17.0 Å². The highest BCUT2D eigenvalue weighted by molar-refractivity contribution is 7.15. The van der Waals surface area contributed by atoms with Crippen molar-refractivity contribution in [3.63, 3.8) is 0 Å². The topological polar surface area (TPSA) is 106 Å². The summed E-state index contributed by atoms with van der Waals surface area (Å²) >= 11 is 1.44. The highest BCUT2D eigenvalue weighted by Crippen LogP contribution is 2.29. The van der Waals surface area contributed by atoms with Gasteiger partial charge < -0.3 is 14.2 Å². The summed E-state index contributed by atoms with van der Waals surface area (Å²) in [6, 6.07) is 6.69. The van der Waals surface area contributed by atoms with Gasteiger partial charge in [0, 0.05) is 37.1 Å². The monoisotopic (exact) mass is 399 g/mol. The third-order valence-corrected chi connectivity index (χ3v) is 5.55. The van der Waals surface area contributed by atoms with Crippen molar-refractivity contribution in [1.29, 1.82) is 0 Å². The van der Waals surface area contributed by atoms with Crippen LogP contribution in [0.1, 0.15) is 15.4 Å². The van der Waals surface area contributed by atoms with Crippen LogP contribution in [-0.2, 0) is 0 Å². The first-order valence-corrected chi connectivity index (χ1v) is 9.50. The Morgan fingerprint density at radius 2 is 2.04 bits per heavy atom. The fourth-order valence-corrected chi connectivity index (χ4v) is 3.94. The number of rotatable bonds is 4. The van der Waals surface area contributed by atoms with Gasteiger partial charge in [-0.1, -0.05) is 0 Å². The molecule has 1 saturated heterocycles. The molecular weight excluding hydrogens is 382 g/mol. The summed E-state index contributed by atoms with van der Waals surface area (Å²) in [5, 5.41) is 11.4. The molecule has 0 unspecified atom stereocenters. The number of nitro groups is 1. The fourth-order valence-electron chi connectivity index (χ4n) is 3.06. The second kappa shape index (κ2) is 7.39. The maximum absolute atomic E-state index is 12.9. The number of furan rings is 1. The molecule has 0 spiro atoms. The van der Waals surface area contributed by atoms with Gasteiger partial charge in [-0.2, -0.15) is 0 Å². The third-order valence-electron chi connectivity index (χ3n) is 4.57. The first kappa shape index (κ1) is 18.1. The minimum absolute atomic E-state index is 0.0380. The predicted molar refractivity (Wildman–Crippen MR) is 104 cm³/mol. The minimum Gasteiger partial charge on any atom is -0.462 e. The number of carbonyl (C=O) groups is 1. The summed E-state index contributed by atoms with van der Waals surface area (Å²) in [5.74, 6) is 1.23. The lowest BCUT2D eigenvalue weighted by molar-refractivity contribution is -0.385. The minimum atomic E-state index is -0.472. The second-order valence-electron chi connectivity index (χ2n) is 6.31. The van der Waals surface area contributed by atoms with Gasteiger partial charge in [0.25, 0.3) is 11.6 Å². The molecule has 3 aromatic heterocycles. The molecule has 0 bridgehead atoms. The Morgan fingerprint density at radius 3 is 2.64 bits per heavy atom. The lowest BCUT2D eigenvalue weighted by Gasteiger charge is -2.35. The molecule has 1 fully saturated rings. The van der Waals surface area contributed by atoms with E-state index in [2.05, 4.69) is 9.97 Å². The zero-order chi connectivity index (χ0) is 19.7. The lowest BCUT2D eigenvalue weighted by atomic mass is 10.2. The average Bonchev–Trinajstić information content (AvgIpc) is 3.37. The molecule has 28 heavy (non-hydrogen) atoms. The molecule has 0 aliphatic carbocycles. The van der Waals surface area contributed by atoms with Gasteiger partial charge in [-0.15, -0.1) is 11.3 Å².